The third-order valence-corrected chi connectivity index (χ3v) is 3.59. The first-order chi connectivity index (χ1) is 7.79. The fourth-order valence-electron chi connectivity index (χ4n) is 2.66. The van der Waals surface area contributed by atoms with E-state index >= 15 is 0 Å². The molecule has 0 bridgehead atoms. The van der Waals surface area contributed by atoms with E-state index in [1.807, 2.05) is 30.3 Å². The molecule has 1 aromatic carbocycles. The number of rotatable bonds is 2. The molecule has 0 N–H and O–H groups in total. The van der Waals surface area contributed by atoms with Crippen LogP contribution in [0, 0.1) is 11.3 Å². The van der Waals surface area contributed by atoms with Crippen molar-refractivity contribution in [1.29, 1.82) is 0 Å². The van der Waals surface area contributed by atoms with Crippen LogP contribution in [-0.2, 0) is 9.53 Å². The minimum absolute atomic E-state index is 0.127. The fourth-order valence-corrected chi connectivity index (χ4v) is 2.66. The van der Waals surface area contributed by atoms with Crippen LogP contribution in [0.1, 0.15) is 12.0 Å². The molecule has 0 saturated heterocycles. The molecule has 1 aromatic rings. The molecule has 82 valence electrons. The van der Waals surface area contributed by atoms with Gasteiger partial charge in [0.15, 0.2) is 0 Å². The Morgan fingerprint density at radius 2 is 2.19 bits per heavy atom. The highest BCUT2D eigenvalue weighted by molar-refractivity contribution is 6.19. The van der Waals surface area contributed by atoms with Crippen molar-refractivity contribution in [2.45, 2.75) is 6.42 Å². The molecule has 1 aliphatic heterocycles. The predicted molar refractivity (Wildman–Crippen MR) is 60.4 cm³/mol. The molecule has 0 radical (unpaired) electrons. The minimum Gasteiger partial charge on any atom is -0.468 e. The first-order valence-corrected chi connectivity index (χ1v) is 5.48. The van der Waals surface area contributed by atoms with Gasteiger partial charge in [-0.05, 0) is 12.0 Å². The van der Waals surface area contributed by atoms with Crippen molar-refractivity contribution in [2.75, 3.05) is 13.7 Å². The summed E-state index contributed by atoms with van der Waals surface area (Å²) in [4.78, 5) is 16.4. The van der Waals surface area contributed by atoms with E-state index < -0.39 is 5.41 Å². The smallest absolute Gasteiger partial charge is 0.318 e. The lowest BCUT2D eigenvalue weighted by Gasteiger charge is -2.13. The van der Waals surface area contributed by atoms with Gasteiger partial charge >= 0.3 is 5.97 Å². The van der Waals surface area contributed by atoms with E-state index in [-0.39, 0.29) is 5.97 Å². The zero-order valence-corrected chi connectivity index (χ0v) is 9.14. The van der Waals surface area contributed by atoms with Crippen LogP contribution in [0.25, 0.3) is 0 Å². The van der Waals surface area contributed by atoms with Crippen molar-refractivity contribution in [3.05, 3.63) is 35.9 Å². The van der Waals surface area contributed by atoms with Gasteiger partial charge in [-0.3, -0.25) is 9.79 Å². The standard InChI is InChI=1S/C13H13NO2/c1-16-12(15)13-7-10(13)8-14-11(13)9-5-3-2-4-6-9/h2-6,10H,7-8H2,1H3. The number of benzene rings is 1. The number of nitrogens with zero attached hydrogens (tertiary/aromatic N) is 1. The number of carbonyl (C=O) groups excluding carboxylic acids is 1. The van der Waals surface area contributed by atoms with E-state index in [9.17, 15) is 4.79 Å². The van der Waals surface area contributed by atoms with Crippen molar-refractivity contribution in [2.24, 2.45) is 16.3 Å². The molecule has 1 heterocycles. The van der Waals surface area contributed by atoms with Crippen molar-refractivity contribution in [1.82, 2.24) is 0 Å². The average molecular weight is 215 g/mol. The Morgan fingerprint density at radius 3 is 2.81 bits per heavy atom. The molecule has 1 fully saturated rings. The van der Waals surface area contributed by atoms with Gasteiger partial charge in [-0.2, -0.15) is 0 Å². The van der Waals surface area contributed by atoms with Crippen LogP contribution in [0.15, 0.2) is 35.3 Å². The van der Waals surface area contributed by atoms with Gasteiger partial charge < -0.3 is 4.74 Å². The number of methoxy groups -OCH3 is 1. The second-order valence-electron chi connectivity index (χ2n) is 4.42. The second kappa shape index (κ2) is 3.17. The molecule has 0 amide bonds. The third kappa shape index (κ3) is 1.08. The van der Waals surface area contributed by atoms with E-state index in [0.717, 1.165) is 24.2 Å². The summed E-state index contributed by atoms with van der Waals surface area (Å²) < 4.78 is 4.91. The highest BCUT2D eigenvalue weighted by atomic mass is 16.5. The molecule has 1 saturated carbocycles. The van der Waals surface area contributed by atoms with Crippen LogP contribution in [0.2, 0.25) is 0 Å². The van der Waals surface area contributed by atoms with Gasteiger partial charge in [-0.25, -0.2) is 0 Å². The second-order valence-corrected chi connectivity index (χ2v) is 4.42. The average Bonchev–Trinajstić information content (AvgIpc) is 2.96. The van der Waals surface area contributed by atoms with Crippen molar-refractivity contribution >= 4 is 11.7 Å². The minimum atomic E-state index is -0.421. The molecule has 3 heteroatoms. The molecule has 3 nitrogen and oxygen atoms in total. The number of ether oxygens (including phenoxy) is 1. The zero-order valence-electron chi connectivity index (χ0n) is 9.14. The largest absolute Gasteiger partial charge is 0.468 e. The highest BCUT2D eigenvalue weighted by Crippen LogP contribution is 2.59. The number of fused-ring (bicyclic) bond motifs is 1. The number of hydrogen-bond acceptors (Lipinski definition) is 3. The van der Waals surface area contributed by atoms with Gasteiger partial charge in [0.2, 0.25) is 0 Å². The number of aliphatic imine (C=N–C) groups is 1. The molecule has 3 rings (SSSR count). The van der Waals surface area contributed by atoms with Crippen LogP contribution >= 0.6 is 0 Å². The Hall–Kier alpha value is -1.64. The third-order valence-electron chi connectivity index (χ3n) is 3.59. The molecular formula is C13H13NO2. The summed E-state index contributed by atoms with van der Waals surface area (Å²) in [5.74, 6) is 0.243. The molecular weight excluding hydrogens is 202 g/mol. The molecule has 0 spiro atoms. The first-order valence-electron chi connectivity index (χ1n) is 5.48. The maximum Gasteiger partial charge on any atom is 0.318 e. The van der Waals surface area contributed by atoms with Crippen molar-refractivity contribution < 1.29 is 9.53 Å². The predicted octanol–water partition coefficient (Wildman–Crippen LogP) is 1.67. The fraction of sp³-hybridized carbons (Fsp3) is 0.385. The van der Waals surface area contributed by atoms with E-state index in [1.54, 1.807) is 0 Å². The van der Waals surface area contributed by atoms with Gasteiger partial charge in [0.1, 0.15) is 5.41 Å². The van der Waals surface area contributed by atoms with E-state index in [1.165, 1.54) is 7.11 Å². The normalized spacial score (nSPS) is 30.6. The Kier molecular flexibility index (Phi) is 1.90. The monoisotopic (exact) mass is 215 g/mol. The topological polar surface area (TPSA) is 38.7 Å². The molecule has 2 unspecified atom stereocenters. The number of esters is 1. The lowest BCUT2D eigenvalue weighted by atomic mass is 9.93. The Morgan fingerprint density at radius 1 is 1.44 bits per heavy atom. The molecule has 16 heavy (non-hydrogen) atoms. The van der Waals surface area contributed by atoms with Crippen molar-refractivity contribution in [3.63, 3.8) is 0 Å². The molecule has 2 atom stereocenters. The quantitative estimate of drug-likeness (QED) is 0.704. The van der Waals surface area contributed by atoms with E-state index in [2.05, 4.69) is 4.99 Å². The maximum atomic E-state index is 11.9. The number of hydrogen-bond donors (Lipinski definition) is 0. The Labute approximate surface area is 94.1 Å². The van der Waals surface area contributed by atoms with E-state index in [0.29, 0.717) is 5.92 Å². The summed E-state index contributed by atoms with van der Waals surface area (Å²) in [6.07, 6.45) is 0.896. The highest BCUT2D eigenvalue weighted by Gasteiger charge is 2.67. The van der Waals surface area contributed by atoms with Gasteiger partial charge in [0, 0.05) is 12.5 Å². The van der Waals surface area contributed by atoms with Crippen LogP contribution in [0.5, 0.6) is 0 Å². The summed E-state index contributed by atoms with van der Waals surface area (Å²) in [6.45, 7) is 0.763. The summed E-state index contributed by atoms with van der Waals surface area (Å²) in [6, 6.07) is 9.92. The van der Waals surface area contributed by atoms with Gasteiger partial charge in [-0.15, -0.1) is 0 Å². The molecule has 0 aromatic heterocycles. The first kappa shape index (κ1) is 9.58. The van der Waals surface area contributed by atoms with E-state index in [4.69, 9.17) is 4.74 Å². The van der Waals surface area contributed by atoms with Crippen molar-refractivity contribution in [3.8, 4) is 0 Å². The zero-order chi connectivity index (χ0) is 11.2. The van der Waals surface area contributed by atoms with Crippen LogP contribution in [0.3, 0.4) is 0 Å². The van der Waals surface area contributed by atoms with Gasteiger partial charge in [-0.1, -0.05) is 30.3 Å². The molecule has 2 aliphatic rings. The van der Waals surface area contributed by atoms with Crippen LogP contribution < -0.4 is 0 Å². The summed E-state index contributed by atoms with van der Waals surface area (Å²) in [5, 5.41) is 0. The Bertz CT molecular complexity index is 466. The summed E-state index contributed by atoms with van der Waals surface area (Å²) in [5.41, 5.74) is 1.55. The summed E-state index contributed by atoms with van der Waals surface area (Å²) >= 11 is 0. The lowest BCUT2D eigenvalue weighted by molar-refractivity contribution is -0.144. The SMILES string of the molecule is COC(=O)C12CC1CN=C2c1ccccc1. The maximum absolute atomic E-state index is 11.9. The summed E-state index contributed by atoms with van der Waals surface area (Å²) in [7, 11) is 1.45. The lowest BCUT2D eigenvalue weighted by Crippen LogP contribution is -2.27. The Balaban J connectivity index is 2.00. The molecule has 1 aliphatic carbocycles. The van der Waals surface area contributed by atoms with Crippen LogP contribution in [-0.4, -0.2) is 25.3 Å². The van der Waals surface area contributed by atoms with Gasteiger partial charge in [0.05, 0.1) is 12.8 Å². The van der Waals surface area contributed by atoms with Crippen LogP contribution in [0.4, 0.5) is 0 Å². The number of carbonyl (C=O) groups is 1. The van der Waals surface area contributed by atoms with Gasteiger partial charge in [0.25, 0.3) is 0 Å².